The maximum absolute atomic E-state index is 13.1. The Morgan fingerprint density at radius 3 is 2.82 bits per heavy atom. The van der Waals surface area contributed by atoms with Crippen molar-refractivity contribution in [2.24, 2.45) is 0 Å². The van der Waals surface area contributed by atoms with E-state index in [1.165, 1.54) is 12.1 Å². The maximum Gasteiger partial charge on any atom is 0.148 e. The molecule has 3 nitrogen and oxygen atoms in total. The number of aryl methyl sites for hydroxylation is 1. The molecule has 2 rings (SSSR count). The number of halogens is 1. The van der Waals surface area contributed by atoms with Crippen molar-refractivity contribution in [2.75, 3.05) is 11.9 Å². The van der Waals surface area contributed by atoms with Gasteiger partial charge in [0, 0.05) is 12.6 Å². The minimum absolute atomic E-state index is 0.304. The van der Waals surface area contributed by atoms with Gasteiger partial charge < -0.3 is 5.32 Å². The summed E-state index contributed by atoms with van der Waals surface area (Å²) in [7, 11) is 0. The summed E-state index contributed by atoms with van der Waals surface area (Å²) < 4.78 is 13.1. The van der Waals surface area contributed by atoms with Gasteiger partial charge in [0.15, 0.2) is 0 Å². The first-order valence-electron chi connectivity index (χ1n) is 5.38. The van der Waals surface area contributed by atoms with Crippen LogP contribution in [-0.4, -0.2) is 16.5 Å². The van der Waals surface area contributed by atoms with Crippen LogP contribution in [0.15, 0.2) is 30.4 Å². The minimum atomic E-state index is -0.304. The van der Waals surface area contributed by atoms with Crippen molar-refractivity contribution < 1.29 is 4.39 Å². The van der Waals surface area contributed by atoms with Gasteiger partial charge in [-0.1, -0.05) is 12.2 Å². The fourth-order valence-corrected chi connectivity index (χ4v) is 1.52. The van der Waals surface area contributed by atoms with E-state index in [1.807, 2.05) is 13.8 Å². The van der Waals surface area contributed by atoms with Crippen LogP contribution in [0, 0.1) is 12.7 Å². The zero-order valence-corrected chi connectivity index (χ0v) is 9.92. The number of rotatable bonds is 3. The van der Waals surface area contributed by atoms with Crippen molar-refractivity contribution in [3.8, 4) is 0 Å². The third kappa shape index (κ3) is 2.58. The minimum Gasteiger partial charge on any atom is -0.365 e. The van der Waals surface area contributed by atoms with E-state index < -0.39 is 0 Å². The lowest BCUT2D eigenvalue weighted by atomic mass is 10.2. The number of nitrogens with zero attached hydrogens (tertiary/aromatic N) is 2. The van der Waals surface area contributed by atoms with Crippen LogP contribution in [0.4, 0.5) is 10.2 Å². The smallest absolute Gasteiger partial charge is 0.148 e. The van der Waals surface area contributed by atoms with Crippen molar-refractivity contribution >= 4 is 16.9 Å². The number of benzene rings is 1. The van der Waals surface area contributed by atoms with Gasteiger partial charge in [-0.05, 0) is 26.0 Å². The molecule has 1 N–H and O–H groups in total. The standard InChI is InChI=1S/C13H14FN3/c1-8(2)7-15-13-9(3)16-11-5-4-10(14)6-12(11)17-13/h4-6H,1,7H2,2-3H3,(H,15,17). The first-order valence-corrected chi connectivity index (χ1v) is 5.38. The van der Waals surface area contributed by atoms with Crippen LogP contribution in [0.5, 0.6) is 0 Å². The van der Waals surface area contributed by atoms with Crippen LogP contribution in [0.1, 0.15) is 12.6 Å². The van der Waals surface area contributed by atoms with Gasteiger partial charge in [0.2, 0.25) is 0 Å². The third-order valence-electron chi connectivity index (χ3n) is 2.36. The lowest BCUT2D eigenvalue weighted by Crippen LogP contribution is -2.07. The van der Waals surface area contributed by atoms with Gasteiger partial charge in [0.1, 0.15) is 11.6 Å². The molecule has 0 radical (unpaired) electrons. The van der Waals surface area contributed by atoms with Crippen molar-refractivity contribution in [3.63, 3.8) is 0 Å². The SMILES string of the molecule is C=C(C)CNc1nc2cc(F)ccc2nc1C. The number of aromatic nitrogens is 2. The van der Waals surface area contributed by atoms with E-state index in [4.69, 9.17) is 0 Å². The van der Waals surface area contributed by atoms with Crippen LogP contribution < -0.4 is 5.32 Å². The highest BCUT2D eigenvalue weighted by Crippen LogP contribution is 2.17. The molecule has 0 unspecified atom stereocenters. The van der Waals surface area contributed by atoms with Crippen LogP contribution >= 0.6 is 0 Å². The highest BCUT2D eigenvalue weighted by molar-refractivity contribution is 5.76. The van der Waals surface area contributed by atoms with Crippen LogP contribution in [-0.2, 0) is 0 Å². The zero-order valence-electron chi connectivity index (χ0n) is 9.92. The summed E-state index contributed by atoms with van der Waals surface area (Å²) in [6.45, 7) is 8.24. The third-order valence-corrected chi connectivity index (χ3v) is 2.36. The number of fused-ring (bicyclic) bond motifs is 1. The normalized spacial score (nSPS) is 10.5. The van der Waals surface area contributed by atoms with Gasteiger partial charge >= 0.3 is 0 Å². The van der Waals surface area contributed by atoms with Gasteiger partial charge in [-0.3, -0.25) is 0 Å². The average Bonchev–Trinajstić information content (AvgIpc) is 2.26. The van der Waals surface area contributed by atoms with Crippen molar-refractivity contribution in [1.29, 1.82) is 0 Å². The molecule has 0 spiro atoms. The highest BCUT2D eigenvalue weighted by Gasteiger charge is 2.05. The number of hydrogen-bond acceptors (Lipinski definition) is 3. The lowest BCUT2D eigenvalue weighted by molar-refractivity contribution is 0.629. The molecule has 4 heteroatoms. The molecule has 88 valence electrons. The Morgan fingerprint density at radius 1 is 1.35 bits per heavy atom. The largest absolute Gasteiger partial charge is 0.365 e. The quantitative estimate of drug-likeness (QED) is 0.825. The first-order chi connectivity index (χ1) is 8.06. The Kier molecular flexibility index (Phi) is 3.04. The molecule has 1 aromatic carbocycles. The Hall–Kier alpha value is -1.97. The molecule has 1 heterocycles. The first kappa shape index (κ1) is 11.5. The second-order valence-corrected chi connectivity index (χ2v) is 4.10. The molecule has 17 heavy (non-hydrogen) atoms. The van der Waals surface area contributed by atoms with Gasteiger partial charge in [-0.25, -0.2) is 14.4 Å². The van der Waals surface area contributed by atoms with Crippen LogP contribution in [0.2, 0.25) is 0 Å². The molecule has 0 aliphatic rings. The molecule has 2 aromatic rings. The summed E-state index contributed by atoms with van der Waals surface area (Å²) in [6, 6.07) is 4.40. The second kappa shape index (κ2) is 4.49. The fourth-order valence-electron chi connectivity index (χ4n) is 1.52. The molecule has 0 aliphatic heterocycles. The highest BCUT2D eigenvalue weighted by atomic mass is 19.1. The predicted octanol–water partition coefficient (Wildman–Crippen LogP) is 3.07. The topological polar surface area (TPSA) is 37.8 Å². The van der Waals surface area contributed by atoms with E-state index in [0.29, 0.717) is 23.4 Å². The molecular weight excluding hydrogens is 217 g/mol. The van der Waals surface area contributed by atoms with E-state index >= 15 is 0 Å². The number of anilines is 1. The Morgan fingerprint density at radius 2 is 2.12 bits per heavy atom. The van der Waals surface area contributed by atoms with E-state index in [-0.39, 0.29) is 5.82 Å². The summed E-state index contributed by atoms with van der Waals surface area (Å²) in [4.78, 5) is 8.73. The molecule has 0 saturated carbocycles. The van der Waals surface area contributed by atoms with E-state index in [9.17, 15) is 4.39 Å². The summed E-state index contributed by atoms with van der Waals surface area (Å²) in [6.07, 6.45) is 0. The van der Waals surface area contributed by atoms with Crippen molar-refractivity contribution in [2.45, 2.75) is 13.8 Å². The molecule has 0 bridgehead atoms. The Balaban J connectivity index is 2.42. The Bertz CT molecular complexity index is 578. The zero-order chi connectivity index (χ0) is 12.4. The monoisotopic (exact) mass is 231 g/mol. The van der Waals surface area contributed by atoms with Crippen LogP contribution in [0.25, 0.3) is 11.0 Å². The number of nitrogens with one attached hydrogen (secondary N) is 1. The summed E-state index contributed by atoms with van der Waals surface area (Å²) in [5.41, 5.74) is 3.06. The van der Waals surface area contributed by atoms with E-state index in [2.05, 4.69) is 21.9 Å². The molecule has 0 aliphatic carbocycles. The number of hydrogen-bond donors (Lipinski definition) is 1. The van der Waals surface area contributed by atoms with Crippen molar-refractivity contribution in [1.82, 2.24) is 9.97 Å². The predicted molar refractivity (Wildman–Crippen MR) is 67.5 cm³/mol. The van der Waals surface area contributed by atoms with Crippen LogP contribution in [0.3, 0.4) is 0 Å². The van der Waals surface area contributed by atoms with Gasteiger partial charge in [-0.2, -0.15) is 0 Å². The molecular formula is C13H14FN3. The van der Waals surface area contributed by atoms with Crippen molar-refractivity contribution in [3.05, 3.63) is 41.9 Å². The molecule has 0 amide bonds. The molecule has 1 aromatic heterocycles. The lowest BCUT2D eigenvalue weighted by Gasteiger charge is -2.09. The van der Waals surface area contributed by atoms with Gasteiger partial charge in [0.25, 0.3) is 0 Å². The maximum atomic E-state index is 13.1. The summed E-state index contributed by atoms with van der Waals surface area (Å²) >= 11 is 0. The summed E-state index contributed by atoms with van der Waals surface area (Å²) in [5, 5.41) is 3.13. The Labute approximate surface area is 99.4 Å². The second-order valence-electron chi connectivity index (χ2n) is 4.10. The molecule has 0 saturated heterocycles. The van der Waals surface area contributed by atoms with E-state index in [1.54, 1.807) is 6.07 Å². The average molecular weight is 231 g/mol. The molecule has 0 fully saturated rings. The fraction of sp³-hybridized carbons (Fsp3) is 0.231. The van der Waals surface area contributed by atoms with Gasteiger partial charge in [0.05, 0.1) is 16.7 Å². The van der Waals surface area contributed by atoms with Gasteiger partial charge in [-0.15, -0.1) is 0 Å². The molecule has 0 atom stereocenters. The van der Waals surface area contributed by atoms with E-state index in [0.717, 1.165) is 11.3 Å². The summed E-state index contributed by atoms with van der Waals surface area (Å²) in [5.74, 6) is 0.368.